The van der Waals surface area contributed by atoms with Crippen molar-refractivity contribution < 1.29 is 19.4 Å². The van der Waals surface area contributed by atoms with Crippen LogP contribution >= 0.6 is 15.9 Å². The van der Waals surface area contributed by atoms with Crippen LogP contribution in [0.3, 0.4) is 0 Å². The molecule has 0 spiro atoms. The molecule has 0 aromatic heterocycles. The molecule has 1 rings (SSSR count). The fourth-order valence-electron chi connectivity index (χ4n) is 1.49. The fraction of sp³-hybridized carbons (Fsp3) is 0.385. The molecule has 0 saturated carbocycles. The summed E-state index contributed by atoms with van der Waals surface area (Å²) in [5.74, 6) is -1.04. The Labute approximate surface area is 125 Å². The second-order valence-electron chi connectivity index (χ2n) is 4.08. The van der Waals surface area contributed by atoms with Crippen LogP contribution in [0.25, 0.3) is 0 Å². The van der Waals surface area contributed by atoms with Gasteiger partial charge in [0.25, 0.3) is 0 Å². The maximum atomic E-state index is 11.7. The summed E-state index contributed by atoms with van der Waals surface area (Å²) in [5.41, 5.74) is 0.530. The Morgan fingerprint density at radius 2 is 2.10 bits per heavy atom. The van der Waals surface area contributed by atoms with Gasteiger partial charge in [-0.15, -0.1) is 0 Å². The van der Waals surface area contributed by atoms with Gasteiger partial charge in [0.1, 0.15) is 0 Å². The number of nitrogens with one attached hydrogen (secondary N) is 2. The average molecular weight is 345 g/mol. The van der Waals surface area contributed by atoms with Crippen LogP contribution in [0.4, 0.5) is 10.5 Å². The van der Waals surface area contributed by atoms with Gasteiger partial charge in [-0.3, -0.25) is 0 Å². The van der Waals surface area contributed by atoms with Gasteiger partial charge in [0.2, 0.25) is 0 Å². The Morgan fingerprint density at radius 1 is 1.35 bits per heavy atom. The van der Waals surface area contributed by atoms with Crippen molar-refractivity contribution in [1.29, 1.82) is 0 Å². The normalized spacial score (nSPS) is 10.1. The van der Waals surface area contributed by atoms with Gasteiger partial charge in [0.05, 0.1) is 11.3 Å². The summed E-state index contributed by atoms with van der Waals surface area (Å²) in [6, 6.07) is 4.07. The van der Waals surface area contributed by atoms with E-state index in [0.717, 1.165) is 12.8 Å². The van der Waals surface area contributed by atoms with E-state index in [1.165, 1.54) is 12.1 Å². The highest BCUT2D eigenvalue weighted by Crippen LogP contribution is 2.23. The molecule has 0 unspecified atom stereocenters. The van der Waals surface area contributed by atoms with Crippen molar-refractivity contribution in [3.63, 3.8) is 0 Å². The minimum absolute atomic E-state index is 0.114. The number of hydrogen-bond donors (Lipinski definition) is 3. The topological polar surface area (TPSA) is 87.7 Å². The van der Waals surface area contributed by atoms with Crippen LogP contribution in [0.5, 0.6) is 0 Å². The minimum atomic E-state index is -1.04. The molecule has 0 fully saturated rings. The number of hydrogen-bond acceptors (Lipinski definition) is 3. The predicted octanol–water partition coefficient (Wildman–Crippen LogP) is 2.70. The van der Waals surface area contributed by atoms with Crippen molar-refractivity contribution in [2.75, 3.05) is 25.6 Å². The molecule has 2 amide bonds. The zero-order chi connectivity index (χ0) is 15.0. The molecule has 1 aromatic rings. The Hall–Kier alpha value is -1.60. The summed E-state index contributed by atoms with van der Waals surface area (Å²) in [6.45, 7) is 1.20. The number of benzene rings is 1. The molecule has 0 bridgehead atoms. The first-order valence-corrected chi connectivity index (χ1v) is 6.90. The van der Waals surface area contributed by atoms with E-state index < -0.39 is 5.97 Å². The molecule has 0 aliphatic rings. The second kappa shape index (κ2) is 8.55. The number of carboxylic acid groups (broad SMARTS) is 1. The van der Waals surface area contributed by atoms with Gasteiger partial charge in [-0.05, 0) is 47.0 Å². The molecular weight excluding hydrogens is 328 g/mol. The quantitative estimate of drug-likeness (QED) is 0.663. The molecule has 20 heavy (non-hydrogen) atoms. The number of halogens is 1. The standard InChI is InChI=1S/C13H17BrN2O4/c1-20-7-3-2-6-15-13(19)16-11-8-9(12(17)18)4-5-10(11)14/h4-5,8H,2-3,6-7H2,1H3,(H,17,18)(H2,15,16,19). The minimum Gasteiger partial charge on any atom is -0.478 e. The van der Waals surface area contributed by atoms with E-state index in [1.54, 1.807) is 13.2 Å². The molecule has 3 N–H and O–H groups in total. The number of amides is 2. The Morgan fingerprint density at radius 3 is 2.75 bits per heavy atom. The number of ether oxygens (including phenoxy) is 1. The monoisotopic (exact) mass is 344 g/mol. The number of carbonyl (C=O) groups excluding carboxylic acids is 1. The van der Waals surface area contributed by atoms with Gasteiger partial charge in [-0.2, -0.15) is 0 Å². The van der Waals surface area contributed by atoms with E-state index in [-0.39, 0.29) is 11.6 Å². The lowest BCUT2D eigenvalue weighted by Crippen LogP contribution is -2.29. The summed E-state index contributed by atoms with van der Waals surface area (Å²) >= 11 is 3.26. The summed E-state index contributed by atoms with van der Waals surface area (Å²) in [7, 11) is 1.63. The third-order valence-electron chi connectivity index (χ3n) is 2.52. The van der Waals surface area contributed by atoms with Crippen molar-refractivity contribution >= 4 is 33.6 Å². The molecule has 6 nitrogen and oxygen atoms in total. The summed E-state index contributed by atoms with van der Waals surface area (Å²) in [6.07, 6.45) is 1.69. The van der Waals surface area contributed by atoms with Crippen LogP contribution in [-0.4, -0.2) is 37.4 Å². The predicted molar refractivity (Wildman–Crippen MR) is 79.2 cm³/mol. The lowest BCUT2D eigenvalue weighted by Gasteiger charge is -2.09. The fourth-order valence-corrected chi connectivity index (χ4v) is 1.84. The molecule has 0 saturated heterocycles. The zero-order valence-electron chi connectivity index (χ0n) is 11.1. The van der Waals surface area contributed by atoms with Gasteiger partial charge in [0, 0.05) is 24.7 Å². The third kappa shape index (κ3) is 5.58. The van der Waals surface area contributed by atoms with Crippen molar-refractivity contribution in [2.24, 2.45) is 0 Å². The highest BCUT2D eigenvalue weighted by atomic mass is 79.9. The molecule has 0 atom stereocenters. The second-order valence-corrected chi connectivity index (χ2v) is 4.93. The van der Waals surface area contributed by atoms with Gasteiger partial charge in [-0.1, -0.05) is 0 Å². The Kier molecular flexibility index (Phi) is 7.03. The van der Waals surface area contributed by atoms with Crippen LogP contribution in [0.1, 0.15) is 23.2 Å². The van der Waals surface area contributed by atoms with Crippen LogP contribution in [0.2, 0.25) is 0 Å². The average Bonchev–Trinajstić information content (AvgIpc) is 2.40. The van der Waals surface area contributed by atoms with Gasteiger partial charge in [0.15, 0.2) is 0 Å². The molecule has 7 heteroatoms. The van der Waals surface area contributed by atoms with Crippen molar-refractivity contribution in [1.82, 2.24) is 5.32 Å². The van der Waals surface area contributed by atoms with Crippen molar-refractivity contribution in [3.05, 3.63) is 28.2 Å². The van der Waals surface area contributed by atoms with Crippen LogP contribution in [0.15, 0.2) is 22.7 Å². The van der Waals surface area contributed by atoms with E-state index in [2.05, 4.69) is 26.6 Å². The van der Waals surface area contributed by atoms with Crippen molar-refractivity contribution in [2.45, 2.75) is 12.8 Å². The largest absolute Gasteiger partial charge is 0.478 e. The van der Waals surface area contributed by atoms with E-state index >= 15 is 0 Å². The number of urea groups is 1. The number of anilines is 1. The molecule has 110 valence electrons. The summed E-state index contributed by atoms with van der Waals surface area (Å²) in [5, 5.41) is 14.2. The maximum absolute atomic E-state index is 11.7. The molecule has 0 radical (unpaired) electrons. The Balaban J connectivity index is 2.49. The zero-order valence-corrected chi connectivity index (χ0v) is 12.7. The van der Waals surface area contributed by atoms with E-state index in [9.17, 15) is 9.59 Å². The SMILES string of the molecule is COCCCCNC(=O)Nc1cc(C(=O)O)ccc1Br. The van der Waals surface area contributed by atoms with E-state index in [4.69, 9.17) is 9.84 Å². The lowest BCUT2D eigenvalue weighted by molar-refractivity contribution is 0.0697. The number of methoxy groups -OCH3 is 1. The number of unbranched alkanes of at least 4 members (excludes halogenated alkanes) is 1. The van der Waals surface area contributed by atoms with Gasteiger partial charge >= 0.3 is 12.0 Å². The lowest BCUT2D eigenvalue weighted by atomic mass is 10.2. The highest BCUT2D eigenvalue weighted by Gasteiger charge is 2.09. The first kappa shape index (κ1) is 16.5. The van der Waals surface area contributed by atoms with E-state index in [0.29, 0.717) is 23.3 Å². The Bertz CT molecular complexity index is 479. The molecule has 0 heterocycles. The highest BCUT2D eigenvalue weighted by molar-refractivity contribution is 9.10. The maximum Gasteiger partial charge on any atom is 0.335 e. The van der Waals surface area contributed by atoms with Gasteiger partial charge in [-0.25, -0.2) is 9.59 Å². The first-order chi connectivity index (χ1) is 9.54. The van der Waals surface area contributed by atoms with Crippen LogP contribution in [-0.2, 0) is 4.74 Å². The number of rotatable bonds is 7. The molecular formula is C13H17BrN2O4. The molecule has 0 aliphatic heterocycles. The number of carbonyl (C=O) groups is 2. The summed E-state index contributed by atoms with van der Waals surface area (Å²) < 4.78 is 5.53. The van der Waals surface area contributed by atoms with Gasteiger partial charge < -0.3 is 20.5 Å². The summed E-state index contributed by atoms with van der Waals surface area (Å²) in [4.78, 5) is 22.5. The smallest absolute Gasteiger partial charge is 0.335 e. The first-order valence-electron chi connectivity index (χ1n) is 6.11. The number of aromatic carboxylic acids is 1. The molecule has 0 aliphatic carbocycles. The molecule has 1 aromatic carbocycles. The third-order valence-corrected chi connectivity index (χ3v) is 3.21. The van der Waals surface area contributed by atoms with Crippen LogP contribution in [0, 0.1) is 0 Å². The van der Waals surface area contributed by atoms with Crippen LogP contribution < -0.4 is 10.6 Å². The van der Waals surface area contributed by atoms with Crippen molar-refractivity contribution in [3.8, 4) is 0 Å². The number of carboxylic acids is 1. The van der Waals surface area contributed by atoms with E-state index in [1.807, 2.05) is 0 Å².